The summed E-state index contributed by atoms with van der Waals surface area (Å²) in [7, 11) is 0. The lowest BCUT2D eigenvalue weighted by atomic mass is 10.0. The van der Waals surface area contributed by atoms with Gasteiger partial charge in [-0.05, 0) is 53.7 Å². The second-order valence-electron chi connectivity index (χ2n) is 8.11. The molecular formula is C19H23NO7. The molecule has 0 aliphatic carbocycles. The zero-order valence-electron chi connectivity index (χ0n) is 16.2. The fraction of sp³-hybridized carbons (Fsp3) is 0.474. The maximum Gasteiger partial charge on any atom is 0.352 e. The van der Waals surface area contributed by atoms with Gasteiger partial charge in [0.1, 0.15) is 17.0 Å². The number of hydrogen-bond donors (Lipinski definition) is 0. The Hall–Kier alpha value is -2.90. The molecule has 0 N–H and O–H groups in total. The zero-order valence-corrected chi connectivity index (χ0v) is 16.2. The van der Waals surface area contributed by atoms with Crippen LogP contribution in [-0.4, -0.2) is 34.2 Å². The number of hydrogen-bond acceptors (Lipinski definition) is 7. The minimum absolute atomic E-state index is 0.0767. The highest BCUT2D eigenvalue weighted by molar-refractivity contribution is 6.02. The predicted octanol–water partition coefficient (Wildman–Crippen LogP) is 3.42. The van der Waals surface area contributed by atoms with E-state index in [0.717, 1.165) is 0 Å². The summed E-state index contributed by atoms with van der Waals surface area (Å²) in [5.74, 6) is -1.26. The Bertz CT molecular complexity index is 812. The van der Waals surface area contributed by atoms with E-state index in [2.05, 4.69) is 0 Å². The van der Waals surface area contributed by atoms with Crippen LogP contribution in [0, 0.1) is 10.1 Å². The lowest BCUT2D eigenvalue weighted by Gasteiger charge is -2.29. The van der Waals surface area contributed by atoms with Crippen molar-refractivity contribution in [3.8, 4) is 5.75 Å². The monoisotopic (exact) mass is 377 g/mol. The van der Waals surface area contributed by atoms with Gasteiger partial charge in [-0.15, -0.1) is 0 Å². The second-order valence-corrected chi connectivity index (χ2v) is 8.11. The Morgan fingerprint density at radius 2 is 1.67 bits per heavy atom. The number of nitrogens with zero attached hydrogens (tertiary/aromatic N) is 1. The molecule has 1 aromatic rings. The van der Waals surface area contributed by atoms with E-state index >= 15 is 0 Å². The maximum atomic E-state index is 12.6. The fourth-order valence-electron chi connectivity index (χ4n) is 2.34. The highest BCUT2D eigenvalue weighted by Gasteiger charge is 2.39. The Kier molecular flexibility index (Phi) is 5.30. The number of fused-ring (bicyclic) bond motifs is 1. The van der Waals surface area contributed by atoms with E-state index < -0.39 is 34.2 Å². The van der Waals surface area contributed by atoms with Crippen LogP contribution in [0.3, 0.4) is 0 Å². The molecule has 0 amide bonds. The lowest BCUT2D eigenvalue weighted by Crippen LogP contribution is -2.41. The average molecular weight is 377 g/mol. The number of non-ortho nitro benzene ring substituents is 1. The van der Waals surface area contributed by atoms with Gasteiger partial charge in [0, 0.05) is 17.7 Å². The van der Waals surface area contributed by atoms with Crippen molar-refractivity contribution in [2.24, 2.45) is 0 Å². The maximum absolute atomic E-state index is 12.6. The van der Waals surface area contributed by atoms with E-state index in [0.29, 0.717) is 5.56 Å². The van der Waals surface area contributed by atoms with Gasteiger partial charge in [0.2, 0.25) is 6.10 Å². The number of esters is 2. The van der Waals surface area contributed by atoms with Crippen LogP contribution in [0.1, 0.15) is 47.1 Å². The number of ether oxygens (including phenoxy) is 3. The van der Waals surface area contributed by atoms with E-state index in [4.69, 9.17) is 14.2 Å². The van der Waals surface area contributed by atoms with Crippen molar-refractivity contribution in [3.63, 3.8) is 0 Å². The number of nitro benzene ring substituents is 1. The molecule has 0 fully saturated rings. The molecule has 1 aliphatic heterocycles. The topological polar surface area (TPSA) is 105 Å². The van der Waals surface area contributed by atoms with Gasteiger partial charge in [-0.25, -0.2) is 9.59 Å². The summed E-state index contributed by atoms with van der Waals surface area (Å²) >= 11 is 0. The third kappa shape index (κ3) is 5.29. The highest BCUT2D eigenvalue weighted by Crippen LogP contribution is 2.34. The highest BCUT2D eigenvalue weighted by atomic mass is 16.6. The Morgan fingerprint density at radius 1 is 1.07 bits per heavy atom. The first kappa shape index (κ1) is 20.4. The van der Waals surface area contributed by atoms with Gasteiger partial charge in [-0.2, -0.15) is 0 Å². The van der Waals surface area contributed by atoms with Crippen LogP contribution in [0.5, 0.6) is 5.75 Å². The van der Waals surface area contributed by atoms with Crippen LogP contribution in [-0.2, 0) is 19.1 Å². The number of carbonyl (C=O) groups is 2. The van der Waals surface area contributed by atoms with E-state index in [1.807, 2.05) is 0 Å². The molecular weight excluding hydrogens is 354 g/mol. The number of nitro groups is 1. The van der Waals surface area contributed by atoms with Crippen LogP contribution >= 0.6 is 0 Å². The summed E-state index contributed by atoms with van der Waals surface area (Å²) in [6.45, 7) is 10.2. The molecule has 1 aliphatic rings. The van der Waals surface area contributed by atoms with E-state index in [-0.39, 0.29) is 17.0 Å². The molecule has 0 aromatic heterocycles. The average Bonchev–Trinajstić information content (AvgIpc) is 2.49. The molecule has 0 bridgehead atoms. The van der Waals surface area contributed by atoms with Crippen molar-refractivity contribution < 1.29 is 28.7 Å². The molecule has 0 saturated heterocycles. The standard InChI is InChI=1S/C19H23NO7/c1-18(2,3)26-16(21)13-10-11-9-12(20(23)24)7-8-14(11)25-15(13)17(22)27-19(4,5)6/h7-10,15H,1-6H3. The van der Waals surface area contributed by atoms with Gasteiger partial charge in [-0.3, -0.25) is 10.1 Å². The number of carbonyl (C=O) groups excluding carboxylic acids is 2. The van der Waals surface area contributed by atoms with Gasteiger partial charge in [0.05, 0.1) is 10.5 Å². The molecule has 8 heteroatoms. The van der Waals surface area contributed by atoms with Gasteiger partial charge >= 0.3 is 11.9 Å². The first-order valence-electron chi connectivity index (χ1n) is 8.40. The second kappa shape index (κ2) is 7.02. The molecule has 1 heterocycles. The fourth-order valence-corrected chi connectivity index (χ4v) is 2.34. The number of rotatable bonds is 3. The van der Waals surface area contributed by atoms with Crippen molar-refractivity contribution >= 4 is 23.7 Å². The normalized spacial score (nSPS) is 16.5. The van der Waals surface area contributed by atoms with Crippen molar-refractivity contribution in [1.82, 2.24) is 0 Å². The molecule has 0 spiro atoms. The first-order chi connectivity index (χ1) is 12.3. The van der Waals surface area contributed by atoms with Crippen LogP contribution in [0.15, 0.2) is 23.8 Å². The van der Waals surface area contributed by atoms with Crippen LogP contribution < -0.4 is 4.74 Å². The van der Waals surface area contributed by atoms with Gasteiger partial charge in [0.25, 0.3) is 5.69 Å². The largest absolute Gasteiger partial charge is 0.473 e. The SMILES string of the molecule is CC(C)(C)OC(=O)C1=Cc2cc([N+](=O)[O-])ccc2OC1C(=O)OC(C)(C)C. The third-order valence-corrected chi connectivity index (χ3v) is 3.30. The molecule has 8 nitrogen and oxygen atoms in total. The molecule has 146 valence electrons. The van der Waals surface area contributed by atoms with Gasteiger partial charge in [0.15, 0.2) is 0 Å². The summed E-state index contributed by atoms with van der Waals surface area (Å²) in [6.07, 6.45) is 0.0436. The molecule has 0 saturated carbocycles. The molecule has 1 unspecified atom stereocenters. The van der Waals surface area contributed by atoms with Crippen molar-refractivity contribution in [1.29, 1.82) is 0 Å². The predicted molar refractivity (Wildman–Crippen MR) is 97.2 cm³/mol. The van der Waals surface area contributed by atoms with Gasteiger partial charge < -0.3 is 14.2 Å². The zero-order chi connectivity index (χ0) is 20.6. The quantitative estimate of drug-likeness (QED) is 0.451. The van der Waals surface area contributed by atoms with Crippen LogP contribution in [0.25, 0.3) is 6.08 Å². The van der Waals surface area contributed by atoms with Gasteiger partial charge in [-0.1, -0.05) is 0 Å². The van der Waals surface area contributed by atoms with E-state index in [9.17, 15) is 19.7 Å². The smallest absolute Gasteiger partial charge is 0.352 e. The Balaban J connectivity index is 2.47. The Labute approximate surface area is 157 Å². The van der Waals surface area contributed by atoms with Crippen molar-refractivity contribution in [2.45, 2.75) is 58.8 Å². The Morgan fingerprint density at radius 3 is 2.19 bits per heavy atom. The van der Waals surface area contributed by atoms with E-state index in [1.165, 1.54) is 24.3 Å². The minimum atomic E-state index is -1.33. The minimum Gasteiger partial charge on any atom is -0.473 e. The van der Waals surface area contributed by atoms with Crippen LogP contribution in [0.2, 0.25) is 0 Å². The summed E-state index contributed by atoms with van der Waals surface area (Å²) in [5.41, 5.74) is -1.50. The third-order valence-electron chi connectivity index (χ3n) is 3.30. The molecule has 0 radical (unpaired) electrons. The summed E-state index contributed by atoms with van der Waals surface area (Å²) in [5, 5.41) is 11.0. The van der Waals surface area contributed by atoms with Crippen molar-refractivity contribution in [2.75, 3.05) is 0 Å². The summed E-state index contributed by atoms with van der Waals surface area (Å²) in [4.78, 5) is 35.6. The summed E-state index contributed by atoms with van der Waals surface area (Å²) < 4.78 is 16.4. The lowest BCUT2D eigenvalue weighted by molar-refractivity contribution is -0.384. The first-order valence-corrected chi connectivity index (χ1v) is 8.40. The van der Waals surface area contributed by atoms with E-state index in [1.54, 1.807) is 41.5 Å². The summed E-state index contributed by atoms with van der Waals surface area (Å²) in [6, 6.07) is 3.91. The molecule has 27 heavy (non-hydrogen) atoms. The number of benzene rings is 1. The molecule has 1 aromatic carbocycles. The van der Waals surface area contributed by atoms with Crippen LogP contribution in [0.4, 0.5) is 5.69 Å². The molecule has 2 rings (SSSR count). The molecule has 1 atom stereocenters. The van der Waals surface area contributed by atoms with Crippen molar-refractivity contribution in [3.05, 3.63) is 39.4 Å².